The molecular weight excluding hydrogens is 484 g/mol. The first-order chi connectivity index (χ1) is 16.6. The van der Waals surface area contributed by atoms with Gasteiger partial charge in [-0.1, -0.05) is 12.1 Å². The van der Waals surface area contributed by atoms with Crippen LogP contribution < -0.4 is 9.62 Å². The maximum atomic E-state index is 13.8. The molecule has 4 rings (SSSR count). The molecule has 2 N–H and O–H groups in total. The number of halogens is 4. The van der Waals surface area contributed by atoms with Crippen LogP contribution in [0, 0.1) is 18.7 Å². The highest BCUT2D eigenvalue weighted by Crippen LogP contribution is 2.38. The van der Waals surface area contributed by atoms with Crippen LogP contribution in [0.1, 0.15) is 24.0 Å². The van der Waals surface area contributed by atoms with E-state index in [1.807, 2.05) is 4.90 Å². The third-order valence-electron chi connectivity index (χ3n) is 5.72. The van der Waals surface area contributed by atoms with Gasteiger partial charge in [0.05, 0.1) is 17.2 Å². The molecule has 2 aromatic heterocycles. The normalized spacial score (nSPS) is 16.3. The molecule has 0 aliphatic carbocycles. The number of aliphatic carboxylic acids is 1. The molecule has 0 bridgehead atoms. The van der Waals surface area contributed by atoms with Gasteiger partial charge in [0.15, 0.2) is 0 Å². The monoisotopic (exact) mass is 506 g/mol. The Hall–Kier alpha value is -3.34. The third kappa shape index (κ3) is 5.84. The number of benzene rings is 1. The highest BCUT2D eigenvalue weighted by molar-refractivity contribution is 8.00. The summed E-state index contributed by atoms with van der Waals surface area (Å²) < 4.78 is 57.6. The molecule has 0 saturated carbocycles. The number of nitrogens with one attached hydrogen (secondary N) is 1. The summed E-state index contributed by atoms with van der Waals surface area (Å²) in [5, 5.41) is 9.85. The average Bonchev–Trinajstić information content (AvgIpc) is 2.83. The van der Waals surface area contributed by atoms with Gasteiger partial charge < -0.3 is 14.7 Å². The van der Waals surface area contributed by atoms with Crippen LogP contribution in [-0.2, 0) is 11.0 Å². The maximum absolute atomic E-state index is 13.8. The van der Waals surface area contributed by atoms with Crippen molar-refractivity contribution in [1.82, 2.24) is 9.97 Å². The summed E-state index contributed by atoms with van der Waals surface area (Å²) in [6.07, 6.45) is -3.30. The summed E-state index contributed by atoms with van der Waals surface area (Å²) in [6, 6.07) is 11.0. The van der Waals surface area contributed by atoms with Crippen molar-refractivity contribution >= 4 is 29.6 Å². The van der Waals surface area contributed by atoms with Crippen LogP contribution in [0.5, 0.6) is 0 Å². The topological polar surface area (TPSA) is 78.4 Å². The molecule has 1 unspecified atom stereocenters. The van der Waals surface area contributed by atoms with Crippen molar-refractivity contribution in [1.29, 1.82) is 0 Å². The minimum absolute atomic E-state index is 0.0594. The zero-order valence-electron chi connectivity index (χ0n) is 18.6. The van der Waals surface area contributed by atoms with Crippen molar-refractivity contribution in [3.05, 3.63) is 65.5 Å². The number of hydrogen-bond donors (Lipinski definition) is 2. The minimum atomic E-state index is -4.66. The van der Waals surface area contributed by atoms with Gasteiger partial charge in [0.2, 0.25) is 0 Å². The maximum Gasteiger partial charge on any atom is 0.418 e. The summed E-state index contributed by atoms with van der Waals surface area (Å²) in [5.41, 5.74) is -0.802. The standard InChI is InChI=1S/C24H22F4N4O2S/c1-14-7-8-16(25)12-17(14)22-18(24(26,27)28)9-10-19(29-22)31-35-21-6-2-5-20(30-21)32-11-3-4-15(13-32)23(33)34/h2,5-10,12,15H,3-4,11,13H2,1H3,(H,29,31)(H,33,34). The molecule has 1 aliphatic heterocycles. The van der Waals surface area contributed by atoms with E-state index in [0.29, 0.717) is 35.9 Å². The van der Waals surface area contributed by atoms with Gasteiger partial charge in [-0.25, -0.2) is 14.4 Å². The van der Waals surface area contributed by atoms with E-state index in [2.05, 4.69) is 14.7 Å². The van der Waals surface area contributed by atoms with Gasteiger partial charge in [0.1, 0.15) is 22.5 Å². The summed E-state index contributed by atoms with van der Waals surface area (Å²) in [5.74, 6) is -1.17. The molecule has 1 fully saturated rings. The van der Waals surface area contributed by atoms with Gasteiger partial charge in [-0.3, -0.25) is 4.79 Å². The molecule has 3 aromatic rings. The van der Waals surface area contributed by atoms with Gasteiger partial charge in [-0.15, -0.1) is 0 Å². The van der Waals surface area contributed by atoms with E-state index in [1.54, 1.807) is 25.1 Å². The number of rotatable bonds is 6. The van der Waals surface area contributed by atoms with Crippen LogP contribution in [0.15, 0.2) is 53.6 Å². The molecule has 3 heterocycles. The molecule has 6 nitrogen and oxygen atoms in total. The fraction of sp³-hybridized carbons (Fsp3) is 0.292. The fourth-order valence-electron chi connectivity index (χ4n) is 3.93. The Kier molecular flexibility index (Phi) is 7.15. The van der Waals surface area contributed by atoms with Gasteiger partial charge >= 0.3 is 12.1 Å². The Morgan fingerprint density at radius 2 is 1.97 bits per heavy atom. The number of aryl methyl sites for hydroxylation is 1. The van der Waals surface area contributed by atoms with Gasteiger partial charge in [-0.2, -0.15) is 13.2 Å². The minimum Gasteiger partial charge on any atom is -0.481 e. The van der Waals surface area contributed by atoms with Gasteiger partial charge in [0, 0.05) is 30.6 Å². The van der Waals surface area contributed by atoms with Crippen LogP contribution in [0.4, 0.5) is 29.2 Å². The highest BCUT2D eigenvalue weighted by Gasteiger charge is 2.35. The smallest absolute Gasteiger partial charge is 0.418 e. The molecule has 0 amide bonds. The zero-order valence-corrected chi connectivity index (χ0v) is 19.5. The molecule has 11 heteroatoms. The Morgan fingerprint density at radius 3 is 2.71 bits per heavy atom. The van der Waals surface area contributed by atoms with E-state index in [4.69, 9.17) is 0 Å². The summed E-state index contributed by atoms with van der Waals surface area (Å²) in [7, 11) is 0. The second kappa shape index (κ2) is 10.1. The Bertz CT molecular complexity index is 1240. The van der Waals surface area contributed by atoms with Crippen LogP contribution in [0.2, 0.25) is 0 Å². The number of anilines is 2. The molecule has 1 aromatic carbocycles. The summed E-state index contributed by atoms with van der Waals surface area (Å²) in [6.45, 7) is 2.65. The lowest BCUT2D eigenvalue weighted by Crippen LogP contribution is -2.39. The van der Waals surface area contributed by atoms with Crippen molar-refractivity contribution in [2.75, 3.05) is 22.7 Å². The van der Waals surface area contributed by atoms with Crippen molar-refractivity contribution in [3.8, 4) is 11.3 Å². The number of nitrogens with zero attached hydrogens (tertiary/aromatic N) is 3. The van der Waals surface area contributed by atoms with E-state index in [0.717, 1.165) is 30.5 Å². The van der Waals surface area contributed by atoms with Crippen LogP contribution >= 0.6 is 11.9 Å². The van der Waals surface area contributed by atoms with E-state index < -0.39 is 29.4 Å². The summed E-state index contributed by atoms with van der Waals surface area (Å²) >= 11 is 1.06. The molecular formula is C24H22F4N4O2S. The molecule has 184 valence electrons. The number of carbonyl (C=O) groups is 1. The highest BCUT2D eigenvalue weighted by atomic mass is 32.2. The van der Waals surface area contributed by atoms with Gasteiger partial charge in [-0.05, 0) is 61.7 Å². The van der Waals surface area contributed by atoms with E-state index in [-0.39, 0.29) is 17.1 Å². The first-order valence-electron chi connectivity index (χ1n) is 10.8. The third-order valence-corrected chi connectivity index (χ3v) is 6.47. The Balaban J connectivity index is 1.56. The quantitative estimate of drug-likeness (QED) is 0.312. The number of carboxylic acid groups (broad SMARTS) is 1. The van der Waals surface area contributed by atoms with Crippen molar-refractivity contribution in [2.45, 2.75) is 31.0 Å². The summed E-state index contributed by atoms with van der Waals surface area (Å²) in [4.78, 5) is 22.0. The Labute approximate surface area is 203 Å². The van der Waals surface area contributed by atoms with E-state index >= 15 is 0 Å². The van der Waals surface area contributed by atoms with Crippen molar-refractivity contribution in [3.63, 3.8) is 0 Å². The predicted octanol–water partition coefficient (Wildman–Crippen LogP) is 6.03. The van der Waals surface area contributed by atoms with Gasteiger partial charge in [0.25, 0.3) is 0 Å². The van der Waals surface area contributed by atoms with Crippen LogP contribution in [0.3, 0.4) is 0 Å². The lowest BCUT2D eigenvalue weighted by atomic mass is 9.98. The number of piperidine rings is 1. The van der Waals surface area contributed by atoms with E-state index in [1.165, 1.54) is 18.2 Å². The number of aromatic nitrogens is 2. The fourth-order valence-corrected chi connectivity index (χ4v) is 4.54. The second-order valence-electron chi connectivity index (χ2n) is 8.21. The second-order valence-corrected chi connectivity index (χ2v) is 9.04. The predicted molar refractivity (Wildman–Crippen MR) is 126 cm³/mol. The lowest BCUT2D eigenvalue weighted by Gasteiger charge is -2.31. The number of hydrogen-bond acceptors (Lipinski definition) is 6. The SMILES string of the molecule is Cc1ccc(F)cc1-c1nc(NSc2cccc(N3CCCC(C(=O)O)C3)n2)ccc1C(F)(F)F. The molecule has 0 spiro atoms. The lowest BCUT2D eigenvalue weighted by molar-refractivity contribution is -0.142. The van der Waals surface area contributed by atoms with E-state index in [9.17, 15) is 27.5 Å². The number of pyridine rings is 2. The largest absolute Gasteiger partial charge is 0.481 e. The molecule has 1 saturated heterocycles. The van der Waals surface area contributed by atoms with Crippen LogP contribution in [0.25, 0.3) is 11.3 Å². The van der Waals surface area contributed by atoms with Crippen molar-refractivity contribution in [2.24, 2.45) is 5.92 Å². The number of carboxylic acids is 1. The average molecular weight is 507 g/mol. The first-order valence-corrected chi connectivity index (χ1v) is 11.7. The first kappa shape index (κ1) is 24.8. The molecule has 1 aliphatic rings. The zero-order chi connectivity index (χ0) is 25.2. The Morgan fingerprint density at radius 1 is 1.17 bits per heavy atom. The number of alkyl halides is 3. The molecule has 35 heavy (non-hydrogen) atoms. The molecule has 0 radical (unpaired) electrons. The van der Waals surface area contributed by atoms with Crippen LogP contribution in [-0.4, -0.2) is 34.1 Å². The molecule has 1 atom stereocenters. The van der Waals surface area contributed by atoms with Crippen molar-refractivity contribution < 1.29 is 27.5 Å².